The minimum absolute atomic E-state index is 0.0263. The van der Waals surface area contributed by atoms with Crippen LogP contribution in [0.15, 0.2) is 10.6 Å². The van der Waals surface area contributed by atoms with Crippen LogP contribution in [0.4, 0.5) is 18.0 Å². The first-order valence-electron chi connectivity index (χ1n) is 7.60. The van der Waals surface area contributed by atoms with Gasteiger partial charge in [0.2, 0.25) is 5.76 Å². The number of sulfone groups is 1. The van der Waals surface area contributed by atoms with Crippen LogP contribution in [0.1, 0.15) is 25.3 Å². The van der Waals surface area contributed by atoms with Gasteiger partial charge in [-0.2, -0.15) is 13.2 Å². The number of halogens is 3. The first-order valence-corrected chi connectivity index (χ1v) is 9.42. The van der Waals surface area contributed by atoms with Crippen molar-refractivity contribution in [3.63, 3.8) is 0 Å². The highest BCUT2D eigenvalue weighted by atomic mass is 32.2. The van der Waals surface area contributed by atoms with Crippen LogP contribution in [-0.2, 0) is 22.6 Å². The number of nitrogens with zero attached hydrogens (tertiary/aromatic N) is 2. The molecule has 0 bridgehead atoms. The molecular formula is C14H18F3N3O4S. The first kappa shape index (κ1) is 18.0. The number of hydrogen-bond acceptors (Lipinski definition) is 5. The molecule has 0 radical (unpaired) electrons. The lowest BCUT2D eigenvalue weighted by atomic mass is 9.71. The van der Waals surface area contributed by atoms with E-state index >= 15 is 0 Å². The van der Waals surface area contributed by atoms with E-state index in [1.807, 2.05) is 13.8 Å². The molecule has 1 aromatic rings. The molecule has 0 spiro atoms. The molecule has 1 N–H and O–H groups in total. The molecule has 2 aliphatic rings. The van der Waals surface area contributed by atoms with Crippen molar-refractivity contribution in [2.75, 3.05) is 24.6 Å². The van der Waals surface area contributed by atoms with Gasteiger partial charge in [-0.25, -0.2) is 13.2 Å². The SMILES string of the molecule is C[C@@]12CN(C(=O)NCc3cc(C(F)(F)F)on3)C[C@]1(C)CS(=O)(=O)C2. The Morgan fingerprint density at radius 3 is 2.36 bits per heavy atom. The molecule has 2 amide bonds. The predicted octanol–water partition coefficient (Wildman–Crippen LogP) is 1.66. The number of rotatable bonds is 2. The molecule has 11 heteroatoms. The summed E-state index contributed by atoms with van der Waals surface area (Å²) in [7, 11) is -3.13. The highest BCUT2D eigenvalue weighted by Gasteiger charge is 2.61. The number of carbonyl (C=O) groups is 1. The summed E-state index contributed by atoms with van der Waals surface area (Å²) >= 11 is 0. The van der Waals surface area contributed by atoms with E-state index < -0.39 is 38.6 Å². The maximum absolute atomic E-state index is 12.4. The zero-order chi connectivity index (χ0) is 18.7. The molecule has 140 valence electrons. The van der Waals surface area contributed by atoms with Crippen LogP contribution in [-0.4, -0.2) is 49.1 Å². The molecule has 25 heavy (non-hydrogen) atoms. The van der Waals surface area contributed by atoms with Crippen molar-refractivity contribution in [3.8, 4) is 0 Å². The molecule has 2 aliphatic heterocycles. The zero-order valence-corrected chi connectivity index (χ0v) is 14.5. The van der Waals surface area contributed by atoms with Crippen LogP contribution in [0.5, 0.6) is 0 Å². The molecule has 2 saturated heterocycles. The fourth-order valence-corrected chi connectivity index (χ4v) is 6.61. The number of aromatic nitrogens is 1. The van der Waals surface area contributed by atoms with Crippen molar-refractivity contribution >= 4 is 15.9 Å². The van der Waals surface area contributed by atoms with E-state index in [-0.39, 0.29) is 36.8 Å². The number of carbonyl (C=O) groups excluding carboxylic acids is 1. The van der Waals surface area contributed by atoms with Crippen molar-refractivity contribution in [3.05, 3.63) is 17.5 Å². The maximum Gasteiger partial charge on any atom is 0.452 e. The lowest BCUT2D eigenvalue weighted by Gasteiger charge is -2.29. The Bertz CT molecular complexity index is 780. The topological polar surface area (TPSA) is 92.5 Å². The molecule has 0 unspecified atom stereocenters. The van der Waals surface area contributed by atoms with Gasteiger partial charge in [0, 0.05) is 30.0 Å². The van der Waals surface area contributed by atoms with E-state index in [2.05, 4.69) is 15.0 Å². The number of nitrogens with one attached hydrogen (secondary N) is 1. The van der Waals surface area contributed by atoms with Crippen LogP contribution >= 0.6 is 0 Å². The Morgan fingerprint density at radius 1 is 1.32 bits per heavy atom. The average molecular weight is 381 g/mol. The number of fused-ring (bicyclic) bond motifs is 1. The average Bonchev–Trinajstić information content (AvgIpc) is 3.02. The highest BCUT2D eigenvalue weighted by molar-refractivity contribution is 7.91. The van der Waals surface area contributed by atoms with Crippen LogP contribution < -0.4 is 5.32 Å². The van der Waals surface area contributed by atoms with Crippen molar-refractivity contribution in [1.29, 1.82) is 0 Å². The summed E-state index contributed by atoms with van der Waals surface area (Å²) in [6.07, 6.45) is -4.63. The number of hydrogen-bond donors (Lipinski definition) is 1. The van der Waals surface area contributed by atoms with Gasteiger partial charge >= 0.3 is 12.2 Å². The third kappa shape index (κ3) is 3.21. The largest absolute Gasteiger partial charge is 0.452 e. The number of urea groups is 1. The van der Waals surface area contributed by atoms with Crippen LogP contribution in [0, 0.1) is 10.8 Å². The molecular weight excluding hydrogens is 363 g/mol. The Labute approximate surface area is 142 Å². The highest BCUT2D eigenvalue weighted by Crippen LogP contribution is 2.52. The zero-order valence-electron chi connectivity index (χ0n) is 13.7. The summed E-state index contributed by atoms with van der Waals surface area (Å²) in [6, 6.07) is 0.264. The normalized spacial score (nSPS) is 31.2. The van der Waals surface area contributed by atoms with Gasteiger partial charge in [0.1, 0.15) is 5.69 Å². The van der Waals surface area contributed by atoms with E-state index in [9.17, 15) is 26.4 Å². The van der Waals surface area contributed by atoms with Crippen LogP contribution in [0.3, 0.4) is 0 Å². The number of alkyl halides is 3. The van der Waals surface area contributed by atoms with E-state index in [0.29, 0.717) is 0 Å². The summed E-state index contributed by atoms with van der Waals surface area (Å²) in [5, 5.41) is 5.78. The predicted molar refractivity (Wildman–Crippen MR) is 80.2 cm³/mol. The summed E-state index contributed by atoms with van der Waals surface area (Å²) < 4.78 is 65.3. The molecule has 0 saturated carbocycles. The summed E-state index contributed by atoms with van der Waals surface area (Å²) in [5.74, 6) is -1.17. The molecule has 0 aromatic carbocycles. The van der Waals surface area contributed by atoms with Crippen molar-refractivity contribution in [2.24, 2.45) is 10.8 Å². The lowest BCUT2D eigenvalue weighted by molar-refractivity contribution is -0.155. The molecule has 2 fully saturated rings. The molecule has 0 aliphatic carbocycles. The smallest absolute Gasteiger partial charge is 0.351 e. The Morgan fingerprint density at radius 2 is 1.88 bits per heavy atom. The Balaban J connectivity index is 1.62. The van der Waals surface area contributed by atoms with E-state index in [1.54, 1.807) is 0 Å². The Kier molecular flexibility index (Phi) is 3.86. The second kappa shape index (κ2) is 5.36. The quantitative estimate of drug-likeness (QED) is 0.841. The van der Waals surface area contributed by atoms with E-state index in [0.717, 1.165) is 6.07 Å². The van der Waals surface area contributed by atoms with Gasteiger partial charge in [0.05, 0.1) is 18.1 Å². The monoisotopic (exact) mass is 381 g/mol. The van der Waals surface area contributed by atoms with Gasteiger partial charge < -0.3 is 14.7 Å². The molecule has 3 rings (SSSR count). The third-order valence-electron chi connectivity index (χ3n) is 5.16. The minimum Gasteiger partial charge on any atom is -0.351 e. The number of likely N-dealkylation sites (tertiary alicyclic amines) is 1. The van der Waals surface area contributed by atoms with E-state index in [4.69, 9.17) is 0 Å². The van der Waals surface area contributed by atoms with Crippen molar-refractivity contribution in [2.45, 2.75) is 26.6 Å². The van der Waals surface area contributed by atoms with Gasteiger partial charge in [-0.1, -0.05) is 19.0 Å². The minimum atomic E-state index is -4.63. The lowest BCUT2D eigenvalue weighted by Crippen LogP contribution is -2.40. The van der Waals surface area contributed by atoms with Crippen LogP contribution in [0.2, 0.25) is 0 Å². The summed E-state index contributed by atoms with van der Waals surface area (Å²) in [6.45, 7) is 4.04. The van der Waals surface area contributed by atoms with Gasteiger partial charge in [-0.05, 0) is 0 Å². The summed E-state index contributed by atoms with van der Waals surface area (Å²) in [5.41, 5.74) is -1.10. The van der Waals surface area contributed by atoms with Crippen molar-refractivity contribution in [1.82, 2.24) is 15.4 Å². The summed E-state index contributed by atoms with van der Waals surface area (Å²) in [4.78, 5) is 13.8. The third-order valence-corrected chi connectivity index (χ3v) is 7.31. The molecule has 3 heterocycles. The standard InChI is InChI=1S/C14H18F3N3O4S/c1-12-5-20(6-13(12,2)8-25(22,23)7-12)11(21)18-4-9-3-10(24-19-9)14(15,16)17/h3H,4-8H2,1-2H3,(H,18,21)/t12-,13+. The molecule has 7 nitrogen and oxygen atoms in total. The van der Waals surface area contributed by atoms with Gasteiger partial charge in [0.25, 0.3) is 0 Å². The maximum atomic E-state index is 12.4. The van der Waals surface area contributed by atoms with Crippen LogP contribution in [0.25, 0.3) is 0 Å². The van der Waals surface area contributed by atoms with Gasteiger partial charge in [-0.3, -0.25) is 0 Å². The molecule has 1 aromatic heterocycles. The number of amides is 2. The second-order valence-corrected chi connectivity index (χ2v) is 9.41. The Hall–Kier alpha value is -1.78. The fourth-order valence-electron chi connectivity index (χ4n) is 3.69. The van der Waals surface area contributed by atoms with Gasteiger partial charge in [0.15, 0.2) is 9.84 Å². The first-order chi connectivity index (χ1) is 11.3. The van der Waals surface area contributed by atoms with Crippen molar-refractivity contribution < 1.29 is 30.9 Å². The molecule has 2 atom stereocenters. The fraction of sp³-hybridized carbons (Fsp3) is 0.714. The second-order valence-electron chi connectivity index (χ2n) is 7.35. The van der Waals surface area contributed by atoms with E-state index in [1.165, 1.54) is 4.90 Å². The van der Waals surface area contributed by atoms with Gasteiger partial charge in [-0.15, -0.1) is 0 Å².